The summed E-state index contributed by atoms with van der Waals surface area (Å²) in [6.45, 7) is 0.193. The molecular formula is C18H18FN3O4. The quantitative estimate of drug-likeness (QED) is 0.862. The Morgan fingerprint density at radius 2 is 2.12 bits per heavy atom. The minimum atomic E-state index is -1.44. The van der Waals surface area contributed by atoms with E-state index >= 15 is 0 Å². The van der Waals surface area contributed by atoms with Gasteiger partial charge in [-0.25, -0.2) is 13.9 Å². The summed E-state index contributed by atoms with van der Waals surface area (Å²) in [6.07, 6.45) is 2.39. The van der Waals surface area contributed by atoms with Crippen molar-refractivity contribution < 1.29 is 23.8 Å². The van der Waals surface area contributed by atoms with E-state index < -0.39 is 23.2 Å². The van der Waals surface area contributed by atoms with Crippen LogP contribution >= 0.6 is 0 Å². The number of carboxylic acid groups (broad SMARTS) is 1. The first-order chi connectivity index (χ1) is 12.5. The van der Waals surface area contributed by atoms with E-state index in [2.05, 4.69) is 10.4 Å². The zero-order chi connectivity index (χ0) is 18.3. The molecule has 4 rings (SSSR count). The molecule has 1 aliphatic carbocycles. The molecule has 0 radical (unpaired) electrons. The fourth-order valence-corrected chi connectivity index (χ4v) is 3.60. The Hall–Kier alpha value is -2.74. The van der Waals surface area contributed by atoms with E-state index in [0.29, 0.717) is 12.8 Å². The lowest BCUT2D eigenvalue weighted by Crippen LogP contribution is -2.55. The number of carbonyl (C=O) groups is 2. The number of hydrogen-bond acceptors (Lipinski definition) is 4. The van der Waals surface area contributed by atoms with Gasteiger partial charge in [-0.2, -0.15) is 5.10 Å². The Kier molecular flexibility index (Phi) is 3.99. The molecule has 1 unspecified atom stereocenters. The van der Waals surface area contributed by atoms with Gasteiger partial charge in [0.05, 0.1) is 6.61 Å². The van der Waals surface area contributed by atoms with Gasteiger partial charge in [0.25, 0.3) is 5.91 Å². The number of carbonyl (C=O) groups excluding carboxylic acids is 1. The fraction of sp³-hybridized carbons (Fsp3) is 0.389. The van der Waals surface area contributed by atoms with Crippen molar-refractivity contribution in [1.82, 2.24) is 15.1 Å². The second kappa shape index (κ2) is 6.21. The standard InChI is InChI=1S/C18H18FN3O4/c19-12-5-1-2-6-14(12)22-13-7-3-4-11(13)15(21-22)16(23)20-18(17(24)25)8-9-26-10-18/h1-2,5-6H,3-4,7-10H2,(H,20,23)(H,24,25). The molecule has 2 N–H and O–H groups in total. The maximum Gasteiger partial charge on any atom is 0.331 e. The fourth-order valence-electron chi connectivity index (χ4n) is 3.60. The van der Waals surface area contributed by atoms with Crippen LogP contribution in [0, 0.1) is 5.82 Å². The molecule has 2 aromatic rings. The van der Waals surface area contributed by atoms with Crippen LogP contribution in [0.5, 0.6) is 0 Å². The second-order valence-corrected chi connectivity index (χ2v) is 6.63. The van der Waals surface area contributed by atoms with Crippen LogP contribution in [-0.4, -0.2) is 45.5 Å². The molecule has 2 heterocycles. The lowest BCUT2D eigenvalue weighted by molar-refractivity contribution is -0.144. The minimum absolute atomic E-state index is 0.0791. The number of halogens is 1. The first-order valence-corrected chi connectivity index (χ1v) is 8.51. The summed E-state index contributed by atoms with van der Waals surface area (Å²) >= 11 is 0. The van der Waals surface area contributed by atoms with Crippen molar-refractivity contribution in [1.29, 1.82) is 0 Å². The Morgan fingerprint density at radius 1 is 1.31 bits per heavy atom. The smallest absolute Gasteiger partial charge is 0.331 e. The molecule has 0 bridgehead atoms. The maximum atomic E-state index is 14.2. The molecule has 7 nitrogen and oxygen atoms in total. The van der Waals surface area contributed by atoms with E-state index in [4.69, 9.17) is 4.74 Å². The first-order valence-electron chi connectivity index (χ1n) is 8.51. The molecule has 1 aromatic heterocycles. The summed E-state index contributed by atoms with van der Waals surface area (Å²) in [5, 5.41) is 16.4. The zero-order valence-corrected chi connectivity index (χ0v) is 14.0. The molecule has 0 spiro atoms. The SMILES string of the molecule is O=C(NC1(C(=O)O)CCOC1)c1nn(-c2ccccc2F)c2c1CCC2. The van der Waals surface area contributed by atoms with Crippen LogP contribution in [0.1, 0.15) is 34.6 Å². The third-order valence-electron chi connectivity index (χ3n) is 5.01. The number of rotatable bonds is 4. The van der Waals surface area contributed by atoms with E-state index in [1.807, 2.05) is 0 Å². The van der Waals surface area contributed by atoms with Gasteiger partial charge in [0.1, 0.15) is 11.5 Å². The van der Waals surface area contributed by atoms with Gasteiger partial charge in [0.15, 0.2) is 11.2 Å². The Morgan fingerprint density at radius 3 is 2.81 bits per heavy atom. The van der Waals surface area contributed by atoms with Crippen LogP contribution in [0.4, 0.5) is 4.39 Å². The number of para-hydroxylation sites is 1. The van der Waals surface area contributed by atoms with Gasteiger partial charge >= 0.3 is 5.97 Å². The number of aromatic nitrogens is 2. The van der Waals surface area contributed by atoms with Gasteiger partial charge in [0, 0.05) is 24.3 Å². The predicted octanol–water partition coefficient (Wildman–Crippen LogP) is 1.47. The number of hydrogen-bond donors (Lipinski definition) is 2. The molecule has 1 aromatic carbocycles. The molecule has 2 aliphatic rings. The lowest BCUT2D eigenvalue weighted by atomic mass is 9.98. The Labute approximate surface area is 148 Å². The Balaban J connectivity index is 1.72. The summed E-state index contributed by atoms with van der Waals surface area (Å²) in [5.41, 5.74) is 0.553. The van der Waals surface area contributed by atoms with Crippen molar-refractivity contribution in [2.24, 2.45) is 0 Å². The second-order valence-electron chi connectivity index (χ2n) is 6.63. The number of aliphatic carboxylic acids is 1. The molecule has 1 saturated heterocycles. The molecule has 0 saturated carbocycles. The van der Waals surface area contributed by atoms with Crippen molar-refractivity contribution in [3.05, 3.63) is 47.0 Å². The average Bonchev–Trinajstić information content (AvgIpc) is 3.31. The van der Waals surface area contributed by atoms with Crippen molar-refractivity contribution in [3.8, 4) is 5.69 Å². The molecule has 1 amide bonds. The zero-order valence-electron chi connectivity index (χ0n) is 14.0. The minimum Gasteiger partial charge on any atom is -0.479 e. The van der Waals surface area contributed by atoms with E-state index in [-0.39, 0.29) is 31.0 Å². The predicted molar refractivity (Wildman–Crippen MR) is 88.8 cm³/mol. The average molecular weight is 359 g/mol. The van der Waals surface area contributed by atoms with Gasteiger partial charge in [-0.15, -0.1) is 0 Å². The summed E-state index contributed by atoms with van der Waals surface area (Å²) < 4.78 is 20.8. The van der Waals surface area contributed by atoms with Crippen molar-refractivity contribution in [2.45, 2.75) is 31.2 Å². The van der Waals surface area contributed by atoms with Crippen molar-refractivity contribution >= 4 is 11.9 Å². The third-order valence-corrected chi connectivity index (χ3v) is 5.01. The van der Waals surface area contributed by atoms with Crippen molar-refractivity contribution in [2.75, 3.05) is 13.2 Å². The molecule has 136 valence electrons. The first kappa shape index (κ1) is 16.7. The number of fused-ring (bicyclic) bond motifs is 1. The molecule has 8 heteroatoms. The van der Waals surface area contributed by atoms with Gasteiger partial charge in [-0.05, 0) is 31.4 Å². The van der Waals surface area contributed by atoms with Gasteiger partial charge in [-0.3, -0.25) is 4.79 Å². The van der Waals surface area contributed by atoms with Crippen LogP contribution in [0.25, 0.3) is 5.69 Å². The Bertz CT molecular complexity index is 887. The highest BCUT2D eigenvalue weighted by molar-refractivity contribution is 5.98. The van der Waals surface area contributed by atoms with E-state index in [1.54, 1.807) is 18.2 Å². The molecule has 26 heavy (non-hydrogen) atoms. The highest BCUT2D eigenvalue weighted by Gasteiger charge is 2.45. The maximum absolute atomic E-state index is 14.2. The summed E-state index contributed by atoms with van der Waals surface area (Å²) in [4.78, 5) is 24.4. The topological polar surface area (TPSA) is 93.5 Å². The lowest BCUT2D eigenvalue weighted by Gasteiger charge is -2.23. The highest BCUT2D eigenvalue weighted by Crippen LogP contribution is 2.29. The van der Waals surface area contributed by atoms with Crippen LogP contribution in [-0.2, 0) is 22.4 Å². The van der Waals surface area contributed by atoms with E-state index in [9.17, 15) is 19.1 Å². The van der Waals surface area contributed by atoms with Gasteiger partial charge in [-0.1, -0.05) is 12.1 Å². The van der Waals surface area contributed by atoms with Crippen LogP contribution in [0.3, 0.4) is 0 Å². The highest BCUT2D eigenvalue weighted by atomic mass is 19.1. The molecule has 1 fully saturated rings. The number of ether oxygens (including phenoxy) is 1. The van der Waals surface area contributed by atoms with Gasteiger partial charge in [0.2, 0.25) is 0 Å². The number of nitrogens with one attached hydrogen (secondary N) is 1. The number of nitrogens with zero attached hydrogens (tertiary/aromatic N) is 2. The van der Waals surface area contributed by atoms with Crippen LogP contribution in [0.15, 0.2) is 24.3 Å². The van der Waals surface area contributed by atoms with Crippen molar-refractivity contribution in [3.63, 3.8) is 0 Å². The van der Waals surface area contributed by atoms with E-state index in [1.165, 1.54) is 10.7 Å². The third kappa shape index (κ3) is 2.57. The summed E-state index contributed by atoms with van der Waals surface area (Å²) in [5.74, 6) is -2.12. The summed E-state index contributed by atoms with van der Waals surface area (Å²) in [6, 6.07) is 6.24. The molecule has 1 aliphatic heterocycles. The number of benzene rings is 1. The molecular weight excluding hydrogens is 341 g/mol. The number of carboxylic acids is 1. The van der Waals surface area contributed by atoms with E-state index in [0.717, 1.165) is 17.7 Å². The molecule has 1 atom stereocenters. The monoisotopic (exact) mass is 359 g/mol. The summed E-state index contributed by atoms with van der Waals surface area (Å²) in [7, 11) is 0. The van der Waals surface area contributed by atoms with Crippen LogP contribution in [0.2, 0.25) is 0 Å². The van der Waals surface area contributed by atoms with Gasteiger partial charge < -0.3 is 15.2 Å². The van der Waals surface area contributed by atoms with Crippen LogP contribution < -0.4 is 5.32 Å². The largest absolute Gasteiger partial charge is 0.479 e. The normalized spacial score (nSPS) is 21.6. The number of amides is 1.